The van der Waals surface area contributed by atoms with Crippen molar-refractivity contribution in [1.82, 2.24) is 4.98 Å². The van der Waals surface area contributed by atoms with Gasteiger partial charge in [0.25, 0.3) is 0 Å². The highest BCUT2D eigenvalue weighted by molar-refractivity contribution is 6.30. The van der Waals surface area contributed by atoms with E-state index in [1.165, 1.54) is 57.0 Å². The van der Waals surface area contributed by atoms with E-state index < -0.39 is 12.1 Å². The highest BCUT2D eigenvalue weighted by Gasteiger charge is 2.31. The van der Waals surface area contributed by atoms with Gasteiger partial charge in [0.2, 0.25) is 0 Å². The van der Waals surface area contributed by atoms with E-state index in [1.54, 1.807) is 0 Å². The number of rotatable bonds is 17. The van der Waals surface area contributed by atoms with Crippen molar-refractivity contribution in [2.45, 2.75) is 98.5 Å². The normalized spacial score (nSPS) is 13.2. The van der Waals surface area contributed by atoms with Gasteiger partial charge in [0.15, 0.2) is 6.10 Å². The molecule has 1 aromatic rings. The summed E-state index contributed by atoms with van der Waals surface area (Å²) in [5, 5.41) is 9.67. The van der Waals surface area contributed by atoms with Gasteiger partial charge in [-0.1, -0.05) is 84.7 Å². The number of carboxylic acids is 1. The molecule has 0 aliphatic carbocycles. The second-order valence-corrected chi connectivity index (χ2v) is 10.5. The van der Waals surface area contributed by atoms with Crippen molar-refractivity contribution in [3.8, 4) is 5.75 Å². The Hall–Kier alpha value is -1.37. The predicted molar refractivity (Wildman–Crippen MR) is 128 cm³/mol. The summed E-state index contributed by atoms with van der Waals surface area (Å²) in [4.78, 5) is 25.5. The highest BCUT2D eigenvalue weighted by atomic mass is 35.5. The third-order valence-electron chi connectivity index (χ3n) is 6.34. The van der Waals surface area contributed by atoms with E-state index in [-0.39, 0.29) is 13.0 Å². The molecule has 1 aromatic heterocycles. The van der Waals surface area contributed by atoms with Crippen LogP contribution in [0.2, 0.25) is 5.02 Å². The Balaban J connectivity index is 2.00. The number of hydrogen-bond acceptors (Lipinski definition) is 5. The van der Waals surface area contributed by atoms with Crippen molar-refractivity contribution < 1.29 is 24.4 Å². The molecule has 0 saturated carbocycles. The Bertz CT molecular complexity index is 660. The Kier molecular flexibility index (Phi) is 13.2. The number of aliphatic carboxylic acids is 1. The van der Waals surface area contributed by atoms with Gasteiger partial charge in [0.05, 0.1) is 24.4 Å². The van der Waals surface area contributed by atoms with E-state index in [9.17, 15) is 9.90 Å². The first-order chi connectivity index (χ1) is 15.0. The molecule has 0 aliphatic heterocycles. The van der Waals surface area contributed by atoms with Gasteiger partial charge in [-0.25, -0.2) is 14.6 Å². The molecule has 0 spiro atoms. The van der Waals surface area contributed by atoms with Gasteiger partial charge in [-0.3, -0.25) is 4.98 Å². The lowest BCUT2D eigenvalue weighted by Crippen LogP contribution is -2.29. The fourth-order valence-corrected chi connectivity index (χ4v) is 3.28. The summed E-state index contributed by atoms with van der Waals surface area (Å²) in [5.41, 5.74) is 0.734. The standard InChI is InChI=1S/C25H42ClNO5/c1-24(2,3)25(4,5)14-11-9-7-6-8-10-12-15-30-31-16-13-22(23(28)29)32-21-17-20(26)18-27-19-21/h17-19,22H,6-16H2,1-5H3,(H,28,29). The first-order valence-electron chi connectivity index (χ1n) is 11.8. The molecule has 0 aliphatic rings. The number of ether oxygens (including phenoxy) is 1. The van der Waals surface area contributed by atoms with Crippen molar-refractivity contribution in [3.63, 3.8) is 0 Å². The largest absolute Gasteiger partial charge is 0.479 e. The minimum atomic E-state index is -1.07. The van der Waals surface area contributed by atoms with Crippen molar-refractivity contribution in [3.05, 3.63) is 23.5 Å². The zero-order chi connectivity index (χ0) is 24.0. The summed E-state index contributed by atoms with van der Waals surface area (Å²) in [6.07, 6.45) is 11.7. The van der Waals surface area contributed by atoms with Crippen LogP contribution in [-0.2, 0) is 14.6 Å². The van der Waals surface area contributed by atoms with E-state index in [1.807, 2.05) is 0 Å². The highest BCUT2D eigenvalue weighted by Crippen LogP contribution is 2.41. The summed E-state index contributed by atoms with van der Waals surface area (Å²) in [5.74, 6) is -0.765. The molecule has 1 N–H and O–H groups in total. The van der Waals surface area contributed by atoms with E-state index in [2.05, 4.69) is 39.6 Å². The lowest BCUT2D eigenvalue weighted by Gasteiger charge is -2.39. The molecule has 184 valence electrons. The first-order valence-corrected chi connectivity index (χ1v) is 12.2. The third kappa shape index (κ3) is 12.0. The predicted octanol–water partition coefficient (Wildman–Crippen LogP) is 7.10. The molecule has 1 unspecified atom stereocenters. The van der Waals surface area contributed by atoms with Crippen LogP contribution in [-0.4, -0.2) is 35.4 Å². The maximum absolute atomic E-state index is 11.3. The molecule has 32 heavy (non-hydrogen) atoms. The summed E-state index contributed by atoms with van der Waals surface area (Å²) in [7, 11) is 0. The van der Waals surface area contributed by atoms with Gasteiger partial charge >= 0.3 is 5.97 Å². The number of aromatic nitrogens is 1. The monoisotopic (exact) mass is 471 g/mol. The van der Waals surface area contributed by atoms with E-state index in [4.69, 9.17) is 26.1 Å². The minimum absolute atomic E-state index is 0.135. The lowest BCUT2D eigenvalue weighted by atomic mass is 9.67. The van der Waals surface area contributed by atoms with Crippen molar-refractivity contribution >= 4 is 17.6 Å². The number of unbranched alkanes of at least 4 members (excludes halogenated alkanes) is 6. The summed E-state index contributed by atoms with van der Waals surface area (Å²) in [6, 6.07) is 1.52. The molecule has 1 heterocycles. The molecule has 6 nitrogen and oxygen atoms in total. The van der Waals surface area contributed by atoms with E-state index in [0.29, 0.717) is 28.2 Å². The van der Waals surface area contributed by atoms with E-state index >= 15 is 0 Å². The molecule has 7 heteroatoms. The zero-order valence-electron chi connectivity index (χ0n) is 20.5. The fraction of sp³-hybridized carbons (Fsp3) is 0.760. The molecule has 0 fully saturated rings. The molecule has 1 rings (SSSR count). The molecular formula is C25H42ClNO5. The SMILES string of the molecule is CC(C)(C)C(C)(C)CCCCCCCCCOOCCC(Oc1cncc(Cl)c1)C(=O)O. The van der Waals surface area contributed by atoms with Crippen LogP contribution in [0.25, 0.3) is 0 Å². The minimum Gasteiger partial charge on any atom is -0.479 e. The number of nitrogens with zero attached hydrogens (tertiary/aromatic N) is 1. The maximum atomic E-state index is 11.3. The van der Waals surface area contributed by atoms with Crippen molar-refractivity contribution in [2.24, 2.45) is 10.8 Å². The maximum Gasteiger partial charge on any atom is 0.344 e. The van der Waals surface area contributed by atoms with Crippen molar-refractivity contribution in [1.29, 1.82) is 0 Å². The van der Waals surface area contributed by atoms with Crippen LogP contribution < -0.4 is 4.74 Å². The first kappa shape index (κ1) is 28.7. The van der Waals surface area contributed by atoms with Crippen molar-refractivity contribution in [2.75, 3.05) is 13.2 Å². The molecule has 0 radical (unpaired) electrons. The average molecular weight is 472 g/mol. The second-order valence-electron chi connectivity index (χ2n) is 10.1. The summed E-state index contributed by atoms with van der Waals surface area (Å²) < 4.78 is 5.41. The van der Waals surface area contributed by atoms with Gasteiger partial charge in [-0.2, -0.15) is 0 Å². The third-order valence-corrected chi connectivity index (χ3v) is 6.55. The Morgan fingerprint density at radius 3 is 2.16 bits per heavy atom. The number of carbonyl (C=O) groups is 1. The number of carboxylic acid groups (broad SMARTS) is 1. The number of hydrogen-bond donors (Lipinski definition) is 1. The van der Waals surface area contributed by atoms with Crippen LogP contribution in [0.5, 0.6) is 5.75 Å². The summed E-state index contributed by atoms with van der Waals surface area (Å²) in [6.45, 7) is 12.4. The van der Waals surface area contributed by atoms with Crippen LogP contribution in [0.3, 0.4) is 0 Å². The van der Waals surface area contributed by atoms with Crippen LogP contribution in [0.4, 0.5) is 0 Å². The van der Waals surface area contributed by atoms with Crippen LogP contribution in [0, 0.1) is 10.8 Å². The van der Waals surface area contributed by atoms with Gasteiger partial charge in [0.1, 0.15) is 5.75 Å². The quantitative estimate of drug-likeness (QED) is 0.148. The van der Waals surface area contributed by atoms with Gasteiger partial charge < -0.3 is 9.84 Å². The Labute approximate surface area is 198 Å². The van der Waals surface area contributed by atoms with Crippen LogP contribution in [0.15, 0.2) is 18.5 Å². The molecule has 1 atom stereocenters. The van der Waals surface area contributed by atoms with Crippen LogP contribution >= 0.6 is 11.6 Å². The van der Waals surface area contributed by atoms with Gasteiger partial charge in [-0.15, -0.1) is 0 Å². The average Bonchev–Trinajstić information content (AvgIpc) is 2.69. The number of halogens is 1. The van der Waals surface area contributed by atoms with Gasteiger partial charge in [0, 0.05) is 18.7 Å². The zero-order valence-corrected chi connectivity index (χ0v) is 21.2. The Morgan fingerprint density at radius 1 is 0.969 bits per heavy atom. The van der Waals surface area contributed by atoms with E-state index in [0.717, 1.165) is 12.8 Å². The molecule has 0 amide bonds. The molecular weight excluding hydrogens is 430 g/mol. The molecule has 0 saturated heterocycles. The van der Waals surface area contributed by atoms with Crippen LogP contribution in [0.1, 0.15) is 92.4 Å². The second kappa shape index (κ2) is 14.7. The fourth-order valence-electron chi connectivity index (χ4n) is 3.11. The Morgan fingerprint density at radius 2 is 1.56 bits per heavy atom. The molecule has 0 bridgehead atoms. The smallest absolute Gasteiger partial charge is 0.344 e. The topological polar surface area (TPSA) is 77.9 Å². The number of pyridine rings is 1. The molecule has 0 aromatic carbocycles. The van der Waals surface area contributed by atoms with Gasteiger partial charge in [-0.05, 0) is 23.7 Å². The summed E-state index contributed by atoms with van der Waals surface area (Å²) >= 11 is 5.83. The lowest BCUT2D eigenvalue weighted by molar-refractivity contribution is -0.296.